The zero-order valence-corrected chi connectivity index (χ0v) is 16.1. The lowest BCUT2D eigenvalue weighted by Crippen LogP contribution is -2.29. The first kappa shape index (κ1) is 20.5. The smallest absolute Gasteiger partial charge is 0.387 e. The predicted octanol–water partition coefficient (Wildman–Crippen LogP) is 4.43. The largest absolute Gasteiger partial charge is 0.457 e. The Kier molecular flexibility index (Phi) is 5.37. The summed E-state index contributed by atoms with van der Waals surface area (Å²) in [6.45, 7) is -2.15. The normalized spacial score (nSPS) is 14.2. The van der Waals surface area contributed by atoms with Crippen molar-refractivity contribution >= 4 is 11.8 Å². The predicted molar refractivity (Wildman–Crippen MR) is 100 cm³/mol. The summed E-state index contributed by atoms with van der Waals surface area (Å²) in [4.78, 5) is 30.2. The maximum absolute atomic E-state index is 13.3. The highest BCUT2D eigenvalue weighted by molar-refractivity contribution is 6.21. The standard InChI is InChI=1S/C21H15F3N2O5/c1-11(22)30-17-8-12(6-7-16(17)31-21(23)24)18-25-13(10-29-18)9-26-19(27)14-4-2-3-5-15(14)20(26)28/h2-8,10-11,21H,9H2,1H3. The molecule has 1 aromatic heterocycles. The molecule has 0 fully saturated rings. The molecule has 160 valence electrons. The van der Waals surface area contributed by atoms with Crippen LogP contribution >= 0.6 is 0 Å². The molecule has 2 heterocycles. The number of benzene rings is 2. The molecule has 0 saturated heterocycles. The van der Waals surface area contributed by atoms with Crippen LogP contribution in [0.25, 0.3) is 11.5 Å². The zero-order valence-electron chi connectivity index (χ0n) is 16.1. The minimum absolute atomic E-state index is 0.0616. The summed E-state index contributed by atoms with van der Waals surface area (Å²) in [6, 6.07) is 10.3. The maximum atomic E-state index is 13.3. The maximum Gasteiger partial charge on any atom is 0.387 e. The van der Waals surface area contributed by atoms with Gasteiger partial charge >= 0.3 is 6.61 Å². The van der Waals surface area contributed by atoms with Crippen LogP contribution < -0.4 is 9.47 Å². The number of rotatable bonds is 7. The number of carbonyl (C=O) groups excluding carboxylic acids is 2. The molecule has 0 spiro atoms. The fraction of sp³-hybridized carbons (Fsp3) is 0.190. The van der Waals surface area contributed by atoms with E-state index in [2.05, 4.69) is 9.72 Å². The van der Waals surface area contributed by atoms with E-state index in [0.29, 0.717) is 22.4 Å². The number of alkyl halides is 3. The van der Waals surface area contributed by atoms with E-state index < -0.39 is 24.8 Å². The molecule has 0 bridgehead atoms. The number of amides is 2. The van der Waals surface area contributed by atoms with Crippen molar-refractivity contribution in [3.8, 4) is 23.0 Å². The third-order valence-corrected chi connectivity index (χ3v) is 4.45. The van der Waals surface area contributed by atoms with Crippen molar-refractivity contribution in [2.24, 2.45) is 0 Å². The van der Waals surface area contributed by atoms with Gasteiger partial charge in [-0.3, -0.25) is 14.5 Å². The number of carbonyl (C=O) groups is 2. The summed E-state index contributed by atoms with van der Waals surface area (Å²) < 4.78 is 53.0. The van der Waals surface area contributed by atoms with Gasteiger partial charge in [0, 0.05) is 12.5 Å². The van der Waals surface area contributed by atoms with E-state index in [1.807, 2.05) is 0 Å². The lowest BCUT2D eigenvalue weighted by atomic mass is 10.1. The van der Waals surface area contributed by atoms with Crippen molar-refractivity contribution in [2.75, 3.05) is 0 Å². The van der Waals surface area contributed by atoms with E-state index in [4.69, 9.17) is 9.15 Å². The molecule has 31 heavy (non-hydrogen) atoms. The topological polar surface area (TPSA) is 81.9 Å². The molecule has 1 atom stereocenters. The van der Waals surface area contributed by atoms with Gasteiger partial charge in [-0.1, -0.05) is 12.1 Å². The zero-order chi connectivity index (χ0) is 22.1. The van der Waals surface area contributed by atoms with E-state index >= 15 is 0 Å². The number of hydrogen-bond acceptors (Lipinski definition) is 6. The second-order valence-corrected chi connectivity index (χ2v) is 6.59. The molecule has 1 unspecified atom stereocenters. The molecular weight excluding hydrogens is 417 g/mol. The van der Waals surface area contributed by atoms with Gasteiger partial charge in [0.2, 0.25) is 12.2 Å². The molecule has 7 nitrogen and oxygen atoms in total. The number of hydrogen-bond donors (Lipinski definition) is 0. The Labute approximate surface area is 174 Å². The molecule has 0 radical (unpaired) electrons. The van der Waals surface area contributed by atoms with Gasteiger partial charge in [-0.05, 0) is 30.3 Å². The Bertz CT molecular complexity index is 1110. The first-order chi connectivity index (χ1) is 14.8. The van der Waals surface area contributed by atoms with Gasteiger partial charge in [-0.25, -0.2) is 9.37 Å². The highest BCUT2D eigenvalue weighted by atomic mass is 19.3. The van der Waals surface area contributed by atoms with E-state index in [-0.39, 0.29) is 23.9 Å². The molecular formula is C21H15F3N2O5. The van der Waals surface area contributed by atoms with Gasteiger partial charge in [0.1, 0.15) is 6.26 Å². The van der Waals surface area contributed by atoms with Crippen LogP contribution in [0.2, 0.25) is 0 Å². The molecule has 2 amide bonds. The van der Waals surface area contributed by atoms with Crippen molar-refractivity contribution in [1.29, 1.82) is 0 Å². The Morgan fingerprint density at radius 2 is 1.68 bits per heavy atom. The van der Waals surface area contributed by atoms with E-state index in [0.717, 1.165) is 11.8 Å². The third kappa shape index (κ3) is 4.09. The molecule has 10 heteroatoms. The lowest BCUT2D eigenvalue weighted by molar-refractivity contribution is -0.0533. The second-order valence-electron chi connectivity index (χ2n) is 6.59. The van der Waals surface area contributed by atoms with Crippen LogP contribution in [-0.2, 0) is 6.54 Å². The molecule has 0 N–H and O–H groups in total. The average Bonchev–Trinajstić information content (AvgIpc) is 3.28. The summed E-state index contributed by atoms with van der Waals surface area (Å²) in [6.07, 6.45) is -0.509. The number of nitrogens with zero attached hydrogens (tertiary/aromatic N) is 2. The van der Waals surface area contributed by atoms with Crippen LogP contribution in [0.4, 0.5) is 13.2 Å². The van der Waals surface area contributed by atoms with Crippen molar-refractivity contribution in [3.63, 3.8) is 0 Å². The molecule has 0 aliphatic carbocycles. The van der Waals surface area contributed by atoms with Crippen LogP contribution in [0, 0.1) is 0 Å². The highest BCUT2D eigenvalue weighted by Gasteiger charge is 2.35. The molecule has 1 aliphatic heterocycles. The van der Waals surface area contributed by atoms with Crippen LogP contribution in [0.3, 0.4) is 0 Å². The van der Waals surface area contributed by atoms with Crippen molar-refractivity contribution in [1.82, 2.24) is 9.88 Å². The van der Waals surface area contributed by atoms with Gasteiger partial charge < -0.3 is 13.9 Å². The minimum atomic E-state index is -3.11. The van der Waals surface area contributed by atoms with Crippen molar-refractivity contribution in [2.45, 2.75) is 26.4 Å². The fourth-order valence-electron chi connectivity index (χ4n) is 3.16. The second kappa shape index (κ2) is 8.13. The summed E-state index contributed by atoms with van der Waals surface area (Å²) in [5.41, 5.74) is 1.21. The number of fused-ring (bicyclic) bond motifs is 1. The quantitative estimate of drug-likeness (QED) is 0.514. The van der Waals surface area contributed by atoms with E-state index in [1.165, 1.54) is 24.5 Å². The Balaban J connectivity index is 1.56. The SMILES string of the molecule is CC(F)Oc1cc(-c2nc(CN3C(=O)c4ccccc4C3=O)co2)ccc1OC(F)F. The first-order valence-electron chi connectivity index (χ1n) is 9.13. The summed E-state index contributed by atoms with van der Waals surface area (Å²) in [7, 11) is 0. The van der Waals surface area contributed by atoms with E-state index in [9.17, 15) is 22.8 Å². The molecule has 2 aromatic carbocycles. The Morgan fingerprint density at radius 1 is 1.00 bits per heavy atom. The monoisotopic (exact) mass is 432 g/mol. The summed E-state index contributed by atoms with van der Waals surface area (Å²) in [5, 5.41) is 0. The highest BCUT2D eigenvalue weighted by Crippen LogP contribution is 2.34. The fourth-order valence-corrected chi connectivity index (χ4v) is 3.16. The van der Waals surface area contributed by atoms with Gasteiger partial charge in [0.05, 0.1) is 23.4 Å². The third-order valence-electron chi connectivity index (χ3n) is 4.45. The van der Waals surface area contributed by atoms with Crippen molar-refractivity contribution < 1.29 is 36.7 Å². The molecule has 3 aromatic rings. The van der Waals surface area contributed by atoms with Crippen molar-refractivity contribution in [3.05, 3.63) is 65.5 Å². The number of ether oxygens (including phenoxy) is 2. The first-order valence-corrected chi connectivity index (χ1v) is 9.13. The van der Waals surface area contributed by atoms with Gasteiger partial charge in [-0.15, -0.1) is 0 Å². The van der Waals surface area contributed by atoms with Gasteiger partial charge in [-0.2, -0.15) is 8.78 Å². The number of imide groups is 1. The number of oxazole rings is 1. The van der Waals surface area contributed by atoms with Crippen LogP contribution in [0.1, 0.15) is 33.3 Å². The molecule has 1 aliphatic rings. The summed E-state index contributed by atoms with van der Waals surface area (Å²) in [5.74, 6) is -1.42. The summed E-state index contributed by atoms with van der Waals surface area (Å²) >= 11 is 0. The van der Waals surface area contributed by atoms with Crippen LogP contribution in [-0.4, -0.2) is 34.7 Å². The van der Waals surface area contributed by atoms with Gasteiger partial charge in [0.15, 0.2) is 11.5 Å². The number of aromatic nitrogens is 1. The average molecular weight is 432 g/mol. The van der Waals surface area contributed by atoms with E-state index in [1.54, 1.807) is 24.3 Å². The Hall–Kier alpha value is -3.82. The lowest BCUT2D eigenvalue weighted by Gasteiger charge is -2.13. The number of halogens is 3. The van der Waals surface area contributed by atoms with Crippen LogP contribution in [0.15, 0.2) is 53.1 Å². The van der Waals surface area contributed by atoms with Gasteiger partial charge in [0.25, 0.3) is 11.8 Å². The molecule has 4 rings (SSSR count). The van der Waals surface area contributed by atoms with Crippen LogP contribution in [0.5, 0.6) is 11.5 Å². The molecule has 0 saturated carbocycles. The minimum Gasteiger partial charge on any atom is -0.457 e. The Morgan fingerprint density at radius 3 is 2.29 bits per heavy atom.